The molecule has 1 atom stereocenters. The normalized spacial score (nSPS) is 16.5. The van der Waals surface area contributed by atoms with Gasteiger partial charge in [-0.15, -0.1) is 23.7 Å². The van der Waals surface area contributed by atoms with E-state index in [4.69, 9.17) is 23.2 Å². The molecule has 4 nitrogen and oxygen atoms in total. The second kappa shape index (κ2) is 9.19. The lowest BCUT2D eigenvalue weighted by atomic mass is 10.2. The van der Waals surface area contributed by atoms with Crippen LogP contribution in [-0.2, 0) is 0 Å². The van der Waals surface area contributed by atoms with Gasteiger partial charge in [0, 0.05) is 30.1 Å². The van der Waals surface area contributed by atoms with E-state index >= 15 is 0 Å². The lowest BCUT2D eigenvalue weighted by Crippen LogP contribution is -2.42. The van der Waals surface area contributed by atoms with Gasteiger partial charge >= 0.3 is 0 Å². The van der Waals surface area contributed by atoms with Gasteiger partial charge in [-0.05, 0) is 31.5 Å². The lowest BCUT2D eigenvalue weighted by Gasteiger charge is -2.27. The van der Waals surface area contributed by atoms with Gasteiger partial charge in [0.2, 0.25) is 0 Å². The Morgan fingerprint density at radius 1 is 1.40 bits per heavy atom. The highest BCUT2D eigenvalue weighted by atomic mass is 35.5. The summed E-state index contributed by atoms with van der Waals surface area (Å²) in [6.45, 7) is 4.66. The number of hydrogen-bond donors (Lipinski definition) is 1. The van der Waals surface area contributed by atoms with Crippen LogP contribution in [0, 0.1) is 0 Å². The zero-order valence-electron chi connectivity index (χ0n) is 13.8. The predicted molar refractivity (Wildman–Crippen MR) is 107 cm³/mol. The monoisotopic (exact) mass is 419 g/mol. The summed E-state index contributed by atoms with van der Waals surface area (Å²) in [6, 6.07) is 5.65. The molecule has 136 valence electrons. The number of nitrogens with one attached hydrogen (secondary N) is 1. The largest absolute Gasteiger partial charge is 0.333 e. The van der Waals surface area contributed by atoms with Crippen LogP contribution in [0.5, 0.6) is 0 Å². The molecule has 8 heteroatoms. The molecule has 1 saturated heterocycles. The standard InChI is InChI=1S/C17H19Cl2N3OS.ClH/c1-2-7-22(12-5-6-20-9-12)17(23)15-10-24-16(21-15)11-3-4-13(18)14(19)8-11;/h3-4,8,10,12,20H,2,5-7,9H2,1H3;1H. The Morgan fingerprint density at radius 3 is 2.84 bits per heavy atom. The number of amides is 1. The summed E-state index contributed by atoms with van der Waals surface area (Å²) in [4.78, 5) is 19.4. The second-order valence-corrected chi connectivity index (χ2v) is 7.48. The first-order valence-electron chi connectivity index (χ1n) is 8.02. The van der Waals surface area contributed by atoms with Gasteiger partial charge in [0.05, 0.1) is 10.0 Å². The Kier molecular flexibility index (Phi) is 7.52. The van der Waals surface area contributed by atoms with Crippen LogP contribution in [0.2, 0.25) is 10.0 Å². The number of thiazole rings is 1. The number of halogens is 3. The summed E-state index contributed by atoms with van der Waals surface area (Å²) >= 11 is 13.5. The van der Waals surface area contributed by atoms with E-state index in [1.807, 2.05) is 16.3 Å². The van der Waals surface area contributed by atoms with Crippen molar-refractivity contribution >= 4 is 52.9 Å². The maximum Gasteiger partial charge on any atom is 0.273 e. The molecule has 1 aromatic heterocycles. The van der Waals surface area contributed by atoms with E-state index < -0.39 is 0 Å². The molecular weight excluding hydrogens is 401 g/mol. The zero-order valence-corrected chi connectivity index (χ0v) is 16.9. The van der Waals surface area contributed by atoms with Crippen LogP contribution in [0.3, 0.4) is 0 Å². The maximum absolute atomic E-state index is 12.9. The molecule has 25 heavy (non-hydrogen) atoms. The molecule has 0 saturated carbocycles. The number of aromatic nitrogens is 1. The van der Waals surface area contributed by atoms with Crippen molar-refractivity contribution in [3.05, 3.63) is 39.3 Å². The molecule has 1 amide bonds. The van der Waals surface area contributed by atoms with Crippen LogP contribution in [0.4, 0.5) is 0 Å². The van der Waals surface area contributed by atoms with Crippen molar-refractivity contribution in [1.82, 2.24) is 15.2 Å². The van der Waals surface area contributed by atoms with Gasteiger partial charge in [-0.3, -0.25) is 4.79 Å². The van der Waals surface area contributed by atoms with E-state index in [2.05, 4.69) is 17.2 Å². The number of hydrogen-bond acceptors (Lipinski definition) is 4. The van der Waals surface area contributed by atoms with E-state index in [9.17, 15) is 4.79 Å². The van der Waals surface area contributed by atoms with Crippen molar-refractivity contribution in [1.29, 1.82) is 0 Å². The molecule has 0 radical (unpaired) electrons. The van der Waals surface area contributed by atoms with Crippen LogP contribution < -0.4 is 5.32 Å². The zero-order chi connectivity index (χ0) is 17.1. The molecule has 1 aliphatic rings. The third-order valence-corrected chi connectivity index (χ3v) is 5.72. The van der Waals surface area contributed by atoms with Crippen LogP contribution in [0.1, 0.15) is 30.3 Å². The lowest BCUT2D eigenvalue weighted by molar-refractivity contribution is 0.0687. The van der Waals surface area contributed by atoms with E-state index in [1.54, 1.807) is 12.1 Å². The topological polar surface area (TPSA) is 45.2 Å². The third-order valence-electron chi connectivity index (χ3n) is 4.09. The van der Waals surface area contributed by atoms with E-state index in [1.165, 1.54) is 11.3 Å². The minimum atomic E-state index is 0. The Hall–Kier alpha value is -0.850. The first kappa shape index (κ1) is 20.5. The van der Waals surface area contributed by atoms with Crippen LogP contribution in [-0.4, -0.2) is 41.5 Å². The maximum atomic E-state index is 12.9. The highest BCUT2D eigenvalue weighted by Gasteiger charge is 2.28. The molecular formula is C17H20Cl3N3OS. The van der Waals surface area contributed by atoms with Crippen molar-refractivity contribution in [2.45, 2.75) is 25.8 Å². The molecule has 0 spiro atoms. The van der Waals surface area contributed by atoms with Crippen molar-refractivity contribution < 1.29 is 4.79 Å². The Bertz CT molecular complexity index is 732. The van der Waals surface area contributed by atoms with Crippen molar-refractivity contribution in [2.24, 2.45) is 0 Å². The van der Waals surface area contributed by atoms with E-state index in [-0.39, 0.29) is 24.4 Å². The summed E-state index contributed by atoms with van der Waals surface area (Å²) in [5, 5.41) is 6.92. The van der Waals surface area contributed by atoms with Crippen LogP contribution in [0.25, 0.3) is 10.6 Å². The quantitative estimate of drug-likeness (QED) is 0.759. The Morgan fingerprint density at radius 2 is 2.20 bits per heavy atom. The molecule has 1 N–H and O–H groups in total. The van der Waals surface area contributed by atoms with Crippen molar-refractivity contribution in [3.63, 3.8) is 0 Å². The fourth-order valence-electron chi connectivity index (χ4n) is 2.88. The van der Waals surface area contributed by atoms with Gasteiger partial charge in [0.15, 0.2) is 0 Å². The van der Waals surface area contributed by atoms with Gasteiger partial charge in [-0.25, -0.2) is 4.98 Å². The first-order chi connectivity index (χ1) is 11.6. The van der Waals surface area contributed by atoms with Gasteiger partial charge in [-0.1, -0.05) is 36.2 Å². The summed E-state index contributed by atoms with van der Waals surface area (Å²) in [5.41, 5.74) is 1.37. The van der Waals surface area contributed by atoms with Crippen molar-refractivity contribution in [2.75, 3.05) is 19.6 Å². The predicted octanol–water partition coefficient (Wildman–Crippen LogP) is 4.75. The average Bonchev–Trinajstić information content (AvgIpc) is 3.26. The number of rotatable bonds is 5. The number of nitrogens with zero attached hydrogens (tertiary/aromatic N) is 2. The molecule has 3 rings (SSSR count). The fraction of sp³-hybridized carbons (Fsp3) is 0.412. The molecule has 1 fully saturated rings. The molecule has 1 unspecified atom stereocenters. The minimum Gasteiger partial charge on any atom is -0.333 e. The van der Waals surface area contributed by atoms with Crippen molar-refractivity contribution in [3.8, 4) is 10.6 Å². The summed E-state index contributed by atoms with van der Waals surface area (Å²) < 4.78 is 0. The Labute approximate surface area is 167 Å². The van der Waals surface area contributed by atoms with Crippen LogP contribution in [0.15, 0.2) is 23.6 Å². The van der Waals surface area contributed by atoms with Crippen LogP contribution >= 0.6 is 46.9 Å². The number of benzene rings is 1. The summed E-state index contributed by atoms with van der Waals surface area (Å²) in [6.07, 6.45) is 1.93. The number of carbonyl (C=O) groups is 1. The molecule has 2 aromatic rings. The number of carbonyl (C=O) groups excluding carboxylic acids is 1. The molecule has 1 aliphatic heterocycles. The third kappa shape index (κ3) is 4.66. The Balaban J connectivity index is 0.00000225. The molecule has 0 bridgehead atoms. The smallest absolute Gasteiger partial charge is 0.273 e. The second-order valence-electron chi connectivity index (χ2n) is 5.81. The van der Waals surface area contributed by atoms with Gasteiger partial charge < -0.3 is 10.2 Å². The molecule has 0 aliphatic carbocycles. The van der Waals surface area contributed by atoms with Gasteiger partial charge in [0.1, 0.15) is 10.7 Å². The van der Waals surface area contributed by atoms with E-state index in [0.29, 0.717) is 15.7 Å². The SMILES string of the molecule is CCCN(C(=O)c1csc(-c2ccc(Cl)c(Cl)c2)n1)C1CCNC1.Cl. The molecule has 1 aromatic carbocycles. The highest BCUT2D eigenvalue weighted by Crippen LogP contribution is 2.30. The molecule has 2 heterocycles. The van der Waals surface area contributed by atoms with Gasteiger partial charge in [0.25, 0.3) is 5.91 Å². The average molecular weight is 421 g/mol. The van der Waals surface area contributed by atoms with E-state index in [0.717, 1.165) is 43.0 Å². The summed E-state index contributed by atoms with van der Waals surface area (Å²) in [5.74, 6) is 0.00751. The fourth-order valence-corrected chi connectivity index (χ4v) is 3.97. The summed E-state index contributed by atoms with van der Waals surface area (Å²) in [7, 11) is 0. The van der Waals surface area contributed by atoms with Gasteiger partial charge in [-0.2, -0.15) is 0 Å². The first-order valence-corrected chi connectivity index (χ1v) is 9.66. The minimum absolute atomic E-state index is 0. The highest BCUT2D eigenvalue weighted by molar-refractivity contribution is 7.13.